The molecule has 4 aromatic rings. The lowest BCUT2D eigenvalue weighted by Crippen LogP contribution is -2.58. The van der Waals surface area contributed by atoms with Crippen LogP contribution in [0.1, 0.15) is 15.9 Å². The fraction of sp³-hybridized carbons (Fsp3) is 0.300. The van der Waals surface area contributed by atoms with E-state index in [1.54, 1.807) is 47.1 Å². The van der Waals surface area contributed by atoms with Crippen molar-refractivity contribution in [1.29, 1.82) is 0 Å². The SMILES string of the molecule is C=C(NC1CNC1)N1CCN(C(=O)c2ccc(Nc3nccn4c(-c5ccc(OC(F)I)cc5)cnc34)cc2C)CC1. The van der Waals surface area contributed by atoms with Crippen LogP contribution in [0, 0.1) is 6.92 Å². The van der Waals surface area contributed by atoms with Gasteiger partial charge in [-0.1, -0.05) is 6.58 Å². The van der Waals surface area contributed by atoms with Crippen LogP contribution in [0.4, 0.5) is 15.9 Å². The van der Waals surface area contributed by atoms with Gasteiger partial charge >= 0.3 is 0 Å². The molecule has 0 radical (unpaired) electrons. The van der Waals surface area contributed by atoms with Crippen molar-refractivity contribution >= 4 is 45.7 Å². The number of ether oxygens (including phenoxy) is 1. The summed E-state index contributed by atoms with van der Waals surface area (Å²) in [4.78, 5) is 26.6. The number of benzene rings is 2. The number of halogens is 2. The highest BCUT2D eigenvalue weighted by molar-refractivity contribution is 14.1. The number of hydrogen-bond acceptors (Lipinski definition) is 8. The number of anilines is 2. The largest absolute Gasteiger partial charge is 0.452 e. The molecule has 2 aliphatic heterocycles. The van der Waals surface area contributed by atoms with Crippen molar-refractivity contribution in [1.82, 2.24) is 34.8 Å². The Balaban J connectivity index is 1.12. The lowest BCUT2D eigenvalue weighted by Gasteiger charge is -2.39. The summed E-state index contributed by atoms with van der Waals surface area (Å²) in [6.07, 6.45) is 5.33. The zero-order valence-electron chi connectivity index (χ0n) is 23.2. The number of imidazole rings is 1. The van der Waals surface area contributed by atoms with Crippen LogP contribution in [-0.2, 0) is 0 Å². The Bertz CT molecular complexity index is 1600. The molecule has 4 heterocycles. The van der Waals surface area contributed by atoms with Gasteiger partial charge in [0, 0.05) is 91.1 Å². The highest BCUT2D eigenvalue weighted by atomic mass is 127. The van der Waals surface area contributed by atoms with Gasteiger partial charge in [0.15, 0.2) is 11.5 Å². The molecule has 0 saturated carbocycles. The monoisotopic (exact) mass is 682 g/mol. The van der Waals surface area contributed by atoms with Crippen molar-refractivity contribution in [3.8, 4) is 17.0 Å². The van der Waals surface area contributed by atoms with Crippen LogP contribution in [0.3, 0.4) is 0 Å². The molecule has 2 aromatic heterocycles. The molecule has 12 heteroatoms. The van der Waals surface area contributed by atoms with Crippen LogP contribution < -0.4 is 20.7 Å². The predicted octanol–water partition coefficient (Wildman–Crippen LogP) is 4.31. The summed E-state index contributed by atoms with van der Waals surface area (Å²) < 4.78 is 18.8. The van der Waals surface area contributed by atoms with Gasteiger partial charge in [0.2, 0.25) is 0 Å². The van der Waals surface area contributed by atoms with Gasteiger partial charge in [0.05, 0.1) is 23.8 Å². The third-order valence-corrected chi connectivity index (χ3v) is 7.88. The molecule has 0 aliphatic carbocycles. The van der Waals surface area contributed by atoms with Crippen molar-refractivity contribution in [3.63, 3.8) is 0 Å². The zero-order valence-corrected chi connectivity index (χ0v) is 25.3. The molecule has 6 rings (SSSR count). The minimum absolute atomic E-state index is 0.0375. The number of fused-ring (bicyclic) bond motifs is 1. The molecule has 0 spiro atoms. The number of nitrogens with zero attached hydrogens (tertiary/aromatic N) is 5. The number of nitrogens with one attached hydrogen (secondary N) is 3. The molecule has 1 atom stereocenters. The maximum atomic E-state index is 13.4. The Morgan fingerprint density at radius 2 is 1.86 bits per heavy atom. The maximum absolute atomic E-state index is 13.4. The third kappa shape index (κ3) is 6.00. The Hall–Kier alpha value is -3.91. The Labute approximate surface area is 257 Å². The summed E-state index contributed by atoms with van der Waals surface area (Å²) in [5.41, 5.74) is 4.82. The van der Waals surface area contributed by atoms with Crippen molar-refractivity contribution in [2.45, 2.75) is 17.3 Å². The highest BCUT2D eigenvalue weighted by Gasteiger charge is 2.25. The quantitative estimate of drug-likeness (QED) is 0.178. The smallest absolute Gasteiger partial charge is 0.288 e. The molecule has 3 N–H and O–H groups in total. The topological polar surface area (TPSA) is 99.1 Å². The van der Waals surface area contributed by atoms with Gasteiger partial charge in [-0.3, -0.25) is 9.20 Å². The van der Waals surface area contributed by atoms with Crippen LogP contribution in [0.5, 0.6) is 5.75 Å². The van der Waals surface area contributed by atoms with Gasteiger partial charge in [-0.15, -0.1) is 0 Å². The third-order valence-electron chi connectivity index (χ3n) is 7.62. The lowest BCUT2D eigenvalue weighted by molar-refractivity contribution is 0.0660. The van der Waals surface area contributed by atoms with E-state index in [2.05, 4.69) is 37.4 Å². The van der Waals surface area contributed by atoms with E-state index in [1.165, 1.54) is 0 Å². The number of piperazine rings is 1. The van der Waals surface area contributed by atoms with Crippen molar-refractivity contribution in [2.24, 2.45) is 0 Å². The molecule has 2 fully saturated rings. The van der Waals surface area contributed by atoms with E-state index in [0.29, 0.717) is 41.9 Å². The van der Waals surface area contributed by atoms with Crippen LogP contribution in [0.25, 0.3) is 16.9 Å². The average molecular weight is 683 g/mol. The Morgan fingerprint density at radius 1 is 1.12 bits per heavy atom. The number of aryl methyl sites for hydroxylation is 1. The van der Waals surface area contributed by atoms with Crippen molar-refractivity contribution in [2.75, 3.05) is 44.6 Å². The van der Waals surface area contributed by atoms with E-state index in [-0.39, 0.29) is 5.91 Å². The second-order valence-corrected chi connectivity index (χ2v) is 11.4. The van der Waals surface area contributed by atoms with E-state index < -0.39 is 4.36 Å². The van der Waals surface area contributed by atoms with Gasteiger partial charge < -0.3 is 30.5 Å². The van der Waals surface area contributed by atoms with E-state index >= 15 is 0 Å². The van der Waals surface area contributed by atoms with Gasteiger partial charge in [-0.25, -0.2) is 9.97 Å². The number of carbonyl (C=O) groups is 1. The zero-order chi connectivity index (χ0) is 29.2. The summed E-state index contributed by atoms with van der Waals surface area (Å²) in [6, 6.07) is 13.4. The van der Waals surface area contributed by atoms with Crippen LogP contribution in [-0.4, -0.2) is 79.8 Å². The first-order valence-electron chi connectivity index (χ1n) is 13.8. The molecule has 42 heavy (non-hydrogen) atoms. The first kappa shape index (κ1) is 28.2. The van der Waals surface area contributed by atoms with Gasteiger partial charge in [0.25, 0.3) is 10.3 Å². The number of alkyl halides is 2. The summed E-state index contributed by atoms with van der Waals surface area (Å²) in [7, 11) is 0. The highest BCUT2D eigenvalue weighted by Crippen LogP contribution is 2.28. The minimum atomic E-state index is -1.40. The standard InChI is InChI=1S/C30H32FIN8O2/c1-19-15-22(5-8-25(19)29(41)39-13-11-38(12-14-39)20(2)36-23-16-33-17-23)37-27-28-35-18-26(40(28)10-9-34-27)21-3-6-24(7-4-21)42-30(31)32/h3-10,15,18,23,30,33,36H,2,11-14,16-17H2,1H3,(H,34,37). The number of hydrogen-bond donors (Lipinski definition) is 3. The molecule has 2 aromatic carbocycles. The van der Waals surface area contributed by atoms with Crippen LogP contribution in [0.15, 0.2) is 73.5 Å². The van der Waals surface area contributed by atoms with Gasteiger partial charge in [-0.2, -0.15) is 4.39 Å². The number of rotatable bonds is 9. The second-order valence-electron chi connectivity index (χ2n) is 10.4. The predicted molar refractivity (Wildman–Crippen MR) is 169 cm³/mol. The molecule has 218 valence electrons. The Morgan fingerprint density at radius 3 is 2.52 bits per heavy atom. The fourth-order valence-corrected chi connectivity index (χ4v) is 5.51. The molecular weight excluding hydrogens is 650 g/mol. The average Bonchev–Trinajstić information content (AvgIpc) is 3.40. The first-order valence-corrected chi connectivity index (χ1v) is 15.1. The number of amides is 1. The Kier molecular flexibility index (Phi) is 8.16. The first-order chi connectivity index (χ1) is 20.4. The molecule has 2 saturated heterocycles. The summed E-state index contributed by atoms with van der Waals surface area (Å²) in [5, 5.41) is 10.1. The van der Waals surface area contributed by atoms with E-state index in [0.717, 1.165) is 54.5 Å². The van der Waals surface area contributed by atoms with E-state index in [4.69, 9.17) is 4.74 Å². The molecular formula is C30H32FIN8O2. The van der Waals surface area contributed by atoms with Crippen LogP contribution in [0.2, 0.25) is 0 Å². The summed E-state index contributed by atoms with van der Waals surface area (Å²) >= 11 is 1.57. The van der Waals surface area contributed by atoms with Gasteiger partial charge in [0.1, 0.15) is 5.75 Å². The van der Waals surface area contributed by atoms with Gasteiger partial charge in [-0.05, 0) is 55.0 Å². The minimum Gasteiger partial charge on any atom is -0.452 e. The number of carbonyl (C=O) groups excluding carboxylic acids is 1. The molecule has 2 aliphatic rings. The fourth-order valence-electron chi connectivity index (χ4n) is 5.21. The van der Waals surface area contributed by atoms with Crippen molar-refractivity contribution < 1.29 is 13.9 Å². The molecule has 0 bridgehead atoms. The van der Waals surface area contributed by atoms with E-state index in [1.807, 2.05) is 52.8 Å². The summed E-state index contributed by atoms with van der Waals surface area (Å²) in [5.74, 6) is 2.02. The molecule has 1 amide bonds. The maximum Gasteiger partial charge on any atom is 0.288 e. The molecule has 1 unspecified atom stereocenters. The molecule has 10 nitrogen and oxygen atoms in total. The van der Waals surface area contributed by atoms with Crippen molar-refractivity contribution in [3.05, 3.63) is 84.6 Å². The summed E-state index contributed by atoms with van der Waals surface area (Å²) in [6.45, 7) is 10.9. The second kappa shape index (κ2) is 12.1. The lowest BCUT2D eigenvalue weighted by atomic mass is 10.1. The van der Waals surface area contributed by atoms with E-state index in [9.17, 15) is 9.18 Å². The van der Waals surface area contributed by atoms with Crippen LogP contribution >= 0.6 is 22.6 Å². The normalized spacial score (nSPS) is 16.2. The number of aromatic nitrogens is 3.